The summed E-state index contributed by atoms with van der Waals surface area (Å²) in [5, 5.41) is 2.63. The summed E-state index contributed by atoms with van der Waals surface area (Å²) >= 11 is 5.22. The number of rotatable bonds is 2. The molecule has 0 saturated carbocycles. The lowest BCUT2D eigenvalue weighted by molar-refractivity contribution is -0.111. The second-order valence-electron chi connectivity index (χ2n) is 2.15. The number of carbonyl (C=O) groups excluding carboxylic acids is 1. The first-order valence-electron chi connectivity index (χ1n) is 3.46. The van der Waals surface area contributed by atoms with Crippen LogP contribution in [0.4, 0.5) is 5.69 Å². The van der Waals surface area contributed by atoms with Crippen LogP contribution in [0.15, 0.2) is 41.9 Å². The van der Waals surface area contributed by atoms with Crippen molar-refractivity contribution < 1.29 is 4.79 Å². The minimum atomic E-state index is -0.226. The Morgan fingerprint density at radius 3 is 2.58 bits per heavy atom. The van der Waals surface area contributed by atoms with Crippen LogP contribution in [0.1, 0.15) is 0 Å². The van der Waals surface area contributed by atoms with Gasteiger partial charge in [0, 0.05) is 17.3 Å². The van der Waals surface area contributed by atoms with E-state index in [0.717, 1.165) is 5.69 Å². The van der Waals surface area contributed by atoms with Gasteiger partial charge in [-0.05, 0) is 12.1 Å². The number of nitrogens with one attached hydrogen (secondary N) is 1. The van der Waals surface area contributed by atoms with Crippen molar-refractivity contribution in [2.24, 2.45) is 0 Å². The van der Waals surface area contributed by atoms with E-state index in [2.05, 4.69) is 5.32 Å². The van der Waals surface area contributed by atoms with E-state index >= 15 is 0 Å². The quantitative estimate of drug-likeness (QED) is 0.698. The Morgan fingerprint density at radius 2 is 2.00 bits per heavy atom. The third-order valence-corrected chi connectivity index (χ3v) is 1.38. The van der Waals surface area contributed by atoms with E-state index < -0.39 is 0 Å². The second-order valence-corrected chi connectivity index (χ2v) is 2.40. The van der Waals surface area contributed by atoms with Crippen molar-refractivity contribution in [1.29, 1.82) is 0 Å². The maximum Gasteiger partial charge on any atom is 0.249 e. The molecule has 0 fully saturated rings. The zero-order valence-electron chi connectivity index (χ0n) is 6.33. The fourth-order valence-corrected chi connectivity index (χ4v) is 0.877. The van der Waals surface area contributed by atoms with Gasteiger partial charge in [0.25, 0.3) is 0 Å². The predicted octanol–water partition coefficient (Wildman–Crippen LogP) is 2.38. The normalized spacial score (nSPS) is 10.1. The molecule has 1 aromatic carbocycles. The Labute approximate surface area is 75.9 Å². The molecule has 0 aliphatic rings. The summed E-state index contributed by atoms with van der Waals surface area (Å²) < 4.78 is 0. The Hall–Kier alpha value is -1.28. The van der Waals surface area contributed by atoms with Crippen LogP contribution in [0.3, 0.4) is 0 Å². The predicted molar refractivity (Wildman–Crippen MR) is 50.1 cm³/mol. The Kier molecular flexibility index (Phi) is 3.35. The lowest BCUT2D eigenvalue weighted by Gasteiger charge is -1.99. The number of halogens is 1. The van der Waals surface area contributed by atoms with Gasteiger partial charge in [0.05, 0.1) is 0 Å². The van der Waals surface area contributed by atoms with Crippen molar-refractivity contribution in [1.82, 2.24) is 0 Å². The van der Waals surface area contributed by atoms with Crippen LogP contribution in [0.2, 0.25) is 0 Å². The van der Waals surface area contributed by atoms with E-state index in [1.165, 1.54) is 11.6 Å². The molecule has 0 aromatic heterocycles. The molecule has 0 atom stereocenters. The van der Waals surface area contributed by atoms with Crippen molar-refractivity contribution in [3.63, 3.8) is 0 Å². The summed E-state index contributed by atoms with van der Waals surface area (Å²) in [4.78, 5) is 10.9. The monoisotopic (exact) mass is 181 g/mol. The Morgan fingerprint density at radius 1 is 1.33 bits per heavy atom. The molecule has 62 valence electrons. The van der Waals surface area contributed by atoms with Gasteiger partial charge >= 0.3 is 0 Å². The molecule has 3 heteroatoms. The lowest BCUT2D eigenvalue weighted by atomic mass is 10.3. The lowest BCUT2D eigenvalue weighted by Crippen LogP contribution is -2.06. The van der Waals surface area contributed by atoms with Crippen molar-refractivity contribution in [3.05, 3.63) is 41.9 Å². The largest absolute Gasteiger partial charge is 0.322 e. The number of benzene rings is 1. The first-order valence-corrected chi connectivity index (χ1v) is 3.89. The van der Waals surface area contributed by atoms with Gasteiger partial charge in [-0.2, -0.15) is 0 Å². The molecule has 0 aliphatic heterocycles. The third kappa shape index (κ3) is 2.76. The Bertz CT molecular complexity index is 282. The van der Waals surface area contributed by atoms with Gasteiger partial charge < -0.3 is 5.32 Å². The molecule has 0 aliphatic carbocycles. The molecule has 0 radical (unpaired) electrons. The van der Waals surface area contributed by atoms with Crippen LogP contribution in [0.5, 0.6) is 0 Å². The van der Waals surface area contributed by atoms with E-state index in [1.807, 2.05) is 18.2 Å². The maximum atomic E-state index is 10.9. The van der Waals surface area contributed by atoms with Crippen molar-refractivity contribution in [2.75, 3.05) is 5.32 Å². The minimum Gasteiger partial charge on any atom is -0.322 e. The van der Waals surface area contributed by atoms with E-state index in [0.29, 0.717) is 0 Å². The van der Waals surface area contributed by atoms with Crippen LogP contribution in [-0.2, 0) is 4.79 Å². The van der Waals surface area contributed by atoms with Crippen molar-refractivity contribution >= 4 is 23.2 Å². The molecule has 1 rings (SSSR count). The highest BCUT2D eigenvalue weighted by molar-refractivity contribution is 6.27. The standard InChI is InChI=1S/C9H8ClNO/c10-7-6-9(12)11-8-4-2-1-3-5-8/h1-7H,(H,11,12)/b7-6+. The molecule has 0 unspecified atom stereocenters. The highest BCUT2D eigenvalue weighted by Gasteiger charge is 1.94. The number of hydrogen-bond donors (Lipinski definition) is 1. The van der Waals surface area contributed by atoms with Crippen molar-refractivity contribution in [3.8, 4) is 0 Å². The first-order chi connectivity index (χ1) is 5.83. The number of hydrogen-bond acceptors (Lipinski definition) is 1. The van der Waals surface area contributed by atoms with Crippen LogP contribution >= 0.6 is 11.6 Å². The molecule has 0 bridgehead atoms. The zero-order chi connectivity index (χ0) is 8.81. The van der Waals surface area contributed by atoms with E-state index in [9.17, 15) is 4.79 Å². The van der Waals surface area contributed by atoms with E-state index in [-0.39, 0.29) is 5.91 Å². The van der Waals surface area contributed by atoms with Crippen LogP contribution in [0.25, 0.3) is 0 Å². The first kappa shape index (κ1) is 8.81. The number of carbonyl (C=O) groups is 1. The molecule has 2 nitrogen and oxygen atoms in total. The summed E-state index contributed by atoms with van der Waals surface area (Å²) in [6.07, 6.45) is 1.26. The highest BCUT2D eigenvalue weighted by Crippen LogP contribution is 2.04. The van der Waals surface area contributed by atoms with E-state index in [4.69, 9.17) is 11.6 Å². The van der Waals surface area contributed by atoms with Crippen molar-refractivity contribution in [2.45, 2.75) is 0 Å². The van der Waals surface area contributed by atoms with Crippen LogP contribution < -0.4 is 5.32 Å². The number of anilines is 1. The van der Waals surface area contributed by atoms with Gasteiger partial charge in [-0.15, -0.1) is 0 Å². The van der Waals surface area contributed by atoms with Gasteiger partial charge in [-0.1, -0.05) is 29.8 Å². The second kappa shape index (κ2) is 4.57. The minimum absolute atomic E-state index is 0.226. The molecule has 0 heterocycles. The molecule has 1 aromatic rings. The van der Waals surface area contributed by atoms with Gasteiger partial charge in [0.1, 0.15) is 0 Å². The molecular weight excluding hydrogens is 174 g/mol. The SMILES string of the molecule is O=C(/C=C/Cl)Nc1ccccc1. The average molecular weight is 182 g/mol. The van der Waals surface area contributed by atoms with Gasteiger partial charge in [0.2, 0.25) is 5.91 Å². The molecule has 12 heavy (non-hydrogen) atoms. The van der Waals surface area contributed by atoms with Gasteiger partial charge in [-0.3, -0.25) is 4.79 Å². The number of amides is 1. The summed E-state index contributed by atoms with van der Waals surface area (Å²) in [5.74, 6) is -0.226. The summed E-state index contributed by atoms with van der Waals surface area (Å²) in [6.45, 7) is 0. The molecule has 0 saturated heterocycles. The maximum absolute atomic E-state index is 10.9. The molecule has 1 N–H and O–H groups in total. The fourth-order valence-electron chi connectivity index (χ4n) is 0.763. The van der Waals surface area contributed by atoms with Gasteiger partial charge in [0.15, 0.2) is 0 Å². The summed E-state index contributed by atoms with van der Waals surface area (Å²) in [6, 6.07) is 9.19. The van der Waals surface area contributed by atoms with Gasteiger partial charge in [-0.25, -0.2) is 0 Å². The molecule has 0 spiro atoms. The van der Waals surface area contributed by atoms with Crippen LogP contribution in [0, 0.1) is 0 Å². The molecular formula is C9H8ClNO. The average Bonchev–Trinajstić information content (AvgIpc) is 2.06. The molecule has 1 amide bonds. The summed E-state index contributed by atoms with van der Waals surface area (Å²) in [7, 11) is 0. The highest BCUT2D eigenvalue weighted by atomic mass is 35.5. The third-order valence-electron chi connectivity index (χ3n) is 1.26. The topological polar surface area (TPSA) is 29.1 Å². The van der Waals surface area contributed by atoms with E-state index in [1.54, 1.807) is 12.1 Å². The Balaban J connectivity index is 2.59. The van der Waals surface area contributed by atoms with Crippen LogP contribution in [-0.4, -0.2) is 5.91 Å². The zero-order valence-corrected chi connectivity index (χ0v) is 7.08. The number of para-hydroxylation sites is 1. The smallest absolute Gasteiger partial charge is 0.249 e. The summed E-state index contributed by atoms with van der Waals surface area (Å²) in [5.41, 5.74) is 1.94. The fraction of sp³-hybridized carbons (Fsp3) is 0.